The fraction of sp³-hybridized carbons (Fsp3) is 0.278. The summed E-state index contributed by atoms with van der Waals surface area (Å²) in [6.45, 7) is 2.70. The first-order valence-electron chi connectivity index (χ1n) is 7.57. The van der Waals surface area contributed by atoms with Gasteiger partial charge in [0.2, 0.25) is 0 Å². The number of quaternary nitrogens is 1. The molecule has 0 heterocycles. The van der Waals surface area contributed by atoms with Gasteiger partial charge in [0.05, 0.1) is 12.7 Å². The SMILES string of the molecule is COc1cccc(C[NH2+][C@H](C)c2ccccc2)c1OCC(N)=O. The quantitative estimate of drug-likeness (QED) is 0.772. The molecule has 2 aromatic rings. The van der Waals surface area contributed by atoms with Crippen LogP contribution in [0.2, 0.25) is 0 Å². The fourth-order valence-electron chi connectivity index (χ4n) is 2.39. The number of methoxy groups -OCH3 is 1. The number of nitrogens with two attached hydrogens (primary N) is 2. The molecule has 0 fully saturated rings. The molecule has 0 aromatic heterocycles. The molecule has 1 atom stereocenters. The molecule has 2 aromatic carbocycles. The van der Waals surface area contributed by atoms with Gasteiger partial charge in [-0.15, -0.1) is 0 Å². The molecule has 0 unspecified atom stereocenters. The van der Waals surface area contributed by atoms with Crippen LogP contribution in [0.3, 0.4) is 0 Å². The Hall–Kier alpha value is -2.53. The van der Waals surface area contributed by atoms with Crippen LogP contribution in [0.5, 0.6) is 11.5 Å². The van der Waals surface area contributed by atoms with E-state index in [2.05, 4.69) is 24.4 Å². The van der Waals surface area contributed by atoms with Crippen LogP contribution in [-0.4, -0.2) is 19.6 Å². The third-order valence-corrected chi connectivity index (χ3v) is 3.66. The van der Waals surface area contributed by atoms with Crippen molar-refractivity contribution in [1.29, 1.82) is 0 Å². The maximum Gasteiger partial charge on any atom is 0.255 e. The third kappa shape index (κ3) is 4.72. The van der Waals surface area contributed by atoms with E-state index in [1.807, 2.05) is 30.3 Å². The van der Waals surface area contributed by atoms with E-state index in [0.717, 1.165) is 5.56 Å². The van der Waals surface area contributed by atoms with E-state index in [0.29, 0.717) is 24.1 Å². The number of hydrogen-bond acceptors (Lipinski definition) is 3. The summed E-state index contributed by atoms with van der Waals surface area (Å²) in [4.78, 5) is 11.0. The third-order valence-electron chi connectivity index (χ3n) is 3.66. The molecule has 4 N–H and O–H groups in total. The molecular formula is C18H23N2O3+. The fourth-order valence-corrected chi connectivity index (χ4v) is 2.39. The van der Waals surface area contributed by atoms with Crippen LogP contribution < -0.4 is 20.5 Å². The molecule has 0 bridgehead atoms. The Balaban J connectivity index is 2.10. The Morgan fingerprint density at radius 3 is 2.57 bits per heavy atom. The second-order valence-corrected chi connectivity index (χ2v) is 5.34. The monoisotopic (exact) mass is 315 g/mol. The van der Waals surface area contributed by atoms with Gasteiger partial charge in [0.25, 0.3) is 5.91 Å². The highest BCUT2D eigenvalue weighted by Crippen LogP contribution is 2.30. The summed E-state index contributed by atoms with van der Waals surface area (Å²) in [5.41, 5.74) is 7.39. The summed E-state index contributed by atoms with van der Waals surface area (Å²) < 4.78 is 10.9. The van der Waals surface area contributed by atoms with Crippen molar-refractivity contribution < 1.29 is 19.6 Å². The molecule has 0 aliphatic rings. The van der Waals surface area contributed by atoms with E-state index in [1.54, 1.807) is 13.2 Å². The minimum absolute atomic E-state index is 0.165. The maximum atomic E-state index is 11.0. The number of ether oxygens (including phenoxy) is 2. The predicted octanol–water partition coefficient (Wildman–Crippen LogP) is 1.38. The first kappa shape index (κ1) is 16.8. The molecule has 0 aliphatic heterocycles. The van der Waals surface area contributed by atoms with Crippen LogP contribution in [0.15, 0.2) is 48.5 Å². The highest BCUT2D eigenvalue weighted by molar-refractivity contribution is 5.75. The van der Waals surface area contributed by atoms with E-state index in [1.165, 1.54) is 5.56 Å². The number of rotatable bonds is 8. The zero-order valence-corrected chi connectivity index (χ0v) is 13.5. The number of hydrogen-bond donors (Lipinski definition) is 2. The average molecular weight is 315 g/mol. The lowest BCUT2D eigenvalue weighted by molar-refractivity contribution is -0.708. The van der Waals surface area contributed by atoms with Gasteiger partial charge < -0.3 is 20.5 Å². The van der Waals surface area contributed by atoms with Gasteiger partial charge in [0.1, 0.15) is 12.6 Å². The van der Waals surface area contributed by atoms with E-state index in [9.17, 15) is 4.79 Å². The summed E-state index contributed by atoms with van der Waals surface area (Å²) in [6, 6.07) is 16.3. The summed E-state index contributed by atoms with van der Waals surface area (Å²) >= 11 is 0. The van der Waals surface area contributed by atoms with Gasteiger partial charge in [-0.1, -0.05) is 36.4 Å². The van der Waals surface area contributed by atoms with Crippen LogP contribution in [0.4, 0.5) is 0 Å². The normalized spacial score (nSPS) is 11.7. The molecule has 5 nitrogen and oxygen atoms in total. The summed E-state index contributed by atoms with van der Waals surface area (Å²) in [5.74, 6) is 0.665. The minimum Gasteiger partial charge on any atom is -0.493 e. The van der Waals surface area contributed by atoms with Crippen LogP contribution in [0.1, 0.15) is 24.1 Å². The highest BCUT2D eigenvalue weighted by atomic mass is 16.5. The Kier molecular flexibility index (Phi) is 6.00. The number of carbonyl (C=O) groups is 1. The van der Waals surface area contributed by atoms with Crippen molar-refractivity contribution in [3.05, 3.63) is 59.7 Å². The van der Waals surface area contributed by atoms with Crippen LogP contribution in [0, 0.1) is 0 Å². The molecule has 0 saturated carbocycles. The van der Waals surface area contributed by atoms with Gasteiger partial charge in [0, 0.05) is 5.56 Å². The number of benzene rings is 2. The molecule has 0 radical (unpaired) electrons. The zero-order chi connectivity index (χ0) is 16.7. The maximum absolute atomic E-state index is 11.0. The first-order valence-corrected chi connectivity index (χ1v) is 7.57. The molecule has 1 amide bonds. The van der Waals surface area contributed by atoms with Gasteiger partial charge >= 0.3 is 0 Å². The number of primary amides is 1. The molecule has 5 heteroatoms. The minimum atomic E-state index is -0.511. The Bertz CT molecular complexity index is 644. The highest BCUT2D eigenvalue weighted by Gasteiger charge is 2.15. The Morgan fingerprint density at radius 1 is 1.17 bits per heavy atom. The van der Waals surface area contributed by atoms with Crippen LogP contribution >= 0.6 is 0 Å². The molecule has 0 spiro atoms. The van der Waals surface area contributed by atoms with E-state index in [4.69, 9.17) is 15.2 Å². The van der Waals surface area contributed by atoms with E-state index >= 15 is 0 Å². The van der Waals surface area contributed by atoms with Crippen molar-refractivity contribution in [2.24, 2.45) is 5.73 Å². The molecular weight excluding hydrogens is 292 g/mol. The zero-order valence-electron chi connectivity index (χ0n) is 13.5. The van der Waals surface area contributed by atoms with Crippen molar-refractivity contribution in [2.75, 3.05) is 13.7 Å². The summed E-state index contributed by atoms with van der Waals surface area (Å²) in [6.07, 6.45) is 0. The Morgan fingerprint density at radius 2 is 1.91 bits per heavy atom. The second-order valence-electron chi connectivity index (χ2n) is 5.34. The molecule has 2 rings (SSSR count). The van der Waals surface area contributed by atoms with E-state index < -0.39 is 5.91 Å². The lowest BCUT2D eigenvalue weighted by Gasteiger charge is -2.15. The second kappa shape index (κ2) is 8.19. The molecule has 122 valence electrons. The summed E-state index contributed by atoms with van der Waals surface area (Å²) in [7, 11) is 1.58. The van der Waals surface area contributed by atoms with Gasteiger partial charge in [-0.3, -0.25) is 4.79 Å². The molecule has 23 heavy (non-hydrogen) atoms. The van der Waals surface area contributed by atoms with Crippen molar-refractivity contribution in [1.82, 2.24) is 0 Å². The predicted molar refractivity (Wildman–Crippen MR) is 88.2 cm³/mol. The van der Waals surface area contributed by atoms with Crippen LogP contribution in [0.25, 0.3) is 0 Å². The van der Waals surface area contributed by atoms with Crippen molar-refractivity contribution in [2.45, 2.75) is 19.5 Å². The lowest BCUT2D eigenvalue weighted by atomic mass is 10.1. The van der Waals surface area contributed by atoms with Gasteiger partial charge in [-0.25, -0.2) is 0 Å². The Labute approximate surface area is 136 Å². The average Bonchev–Trinajstić information content (AvgIpc) is 2.58. The van der Waals surface area contributed by atoms with Crippen LogP contribution in [-0.2, 0) is 11.3 Å². The van der Waals surface area contributed by atoms with Crippen molar-refractivity contribution in [3.63, 3.8) is 0 Å². The van der Waals surface area contributed by atoms with Gasteiger partial charge in [-0.05, 0) is 19.1 Å². The number of amides is 1. The summed E-state index contributed by atoms with van der Waals surface area (Å²) in [5, 5.41) is 2.21. The van der Waals surface area contributed by atoms with Crippen molar-refractivity contribution in [3.8, 4) is 11.5 Å². The van der Waals surface area contributed by atoms with E-state index in [-0.39, 0.29) is 6.61 Å². The number of carbonyl (C=O) groups excluding carboxylic acids is 1. The number of para-hydroxylation sites is 1. The molecule has 0 saturated heterocycles. The lowest BCUT2D eigenvalue weighted by Crippen LogP contribution is -2.83. The van der Waals surface area contributed by atoms with Crippen molar-refractivity contribution >= 4 is 5.91 Å². The smallest absolute Gasteiger partial charge is 0.255 e. The van der Waals surface area contributed by atoms with Gasteiger partial charge in [-0.2, -0.15) is 0 Å². The standard InChI is InChI=1S/C18H22N2O3/c1-13(14-7-4-3-5-8-14)20-11-15-9-6-10-16(22-2)18(15)23-12-17(19)21/h3-10,13,20H,11-12H2,1-2H3,(H2,19,21)/p+1/t13-/m1/s1. The largest absolute Gasteiger partial charge is 0.493 e. The topological polar surface area (TPSA) is 78.2 Å². The van der Waals surface area contributed by atoms with Gasteiger partial charge in [0.15, 0.2) is 18.1 Å². The molecule has 0 aliphatic carbocycles. The first-order chi connectivity index (χ1) is 11.1.